The molecule has 2 nitrogen and oxygen atoms in total. The van der Waals surface area contributed by atoms with Crippen molar-refractivity contribution in [2.24, 2.45) is 5.73 Å². The highest BCUT2D eigenvalue weighted by Crippen LogP contribution is 2.15. The van der Waals surface area contributed by atoms with Gasteiger partial charge in [0.25, 0.3) is 0 Å². The first-order chi connectivity index (χ1) is 8.40. The summed E-state index contributed by atoms with van der Waals surface area (Å²) in [5.41, 5.74) is 9.65. The molecule has 0 radical (unpaired) electrons. The fraction of sp³-hybridized carbons (Fsp3) is 0.533. The normalized spacial score (nSPS) is 11.2. The van der Waals surface area contributed by atoms with Gasteiger partial charge in [0.2, 0.25) is 0 Å². The lowest BCUT2D eigenvalue weighted by atomic mass is 10.0. The molecule has 3 heteroatoms. The molecule has 0 aliphatic heterocycles. The molecule has 1 aromatic rings. The first-order valence-corrected chi connectivity index (χ1v) is 6.89. The van der Waals surface area contributed by atoms with Crippen molar-refractivity contribution >= 4 is 17.2 Å². The van der Waals surface area contributed by atoms with E-state index in [0.29, 0.717) is 11.0 Å². The summed E-state index contributed by atoms with van der Waals surface area (Å²) in [6.07, 6.45) is 0.790. The van der Waals surface area contributed by atoms with Gasteiger partial charge in [0.05, 0.1) is 4.99 Å². The third-order valence-electron chi connectivity index (χ3n) is 3.25. The summed E-state index contributed by atoms with van der Waals surface area (Å²) in [6.45, 7) is 10.6. The van der Waals surface area contributed by atoms with E-state index >= 15 is 0 Å². The van der Waals surface area contributed by atoms with E-state index in [1.165, 1.54) is 16.7 Å². The Morgan fingerprint density at radius 1 is 1.33 bits per heavy atom. The SMILES string of the molecule is Cc1ccc(C)c(CN(CCC(N)=S)C(C)C)c1. The number of thiocarbonyl (C=S) groups is 1. The van der Waals surface area contributed by atoms with E-state index in [4.69, 9.17) is 18.0 Å². The Balaban J connectivity index is 2.76. The van der Waals surface area contributed by atoms with Crippen molar-refractivity contribution in [1.82, 2.24) is 4.90 Å². The minimum atomic E-state index is 0.499. The van der Waals surface area contributed by atoms with Crippen LogP contribution in [0.3, 0.4) is 0 Å². The maximum Gasteiger partial charge on any atom is 0.0740 e. The molecule has 18 heavy (non-hydrogen) atoms. The zero-order valence-electron chi connectivity index (χ0n) is 11.9. The molecule has 100 valence electrons. The Morgan fingerprint density at radius 2 is 2.00 bits per heavy atom. The van der Waals surface area contributed by atoms with Gasteiger partial charge in [-0.25, -0.2) is 0 Å². The van der Waals surface area contributed by atoms with Crippen molar-refractivity contribution < 1.29 is 0 Å². The predicted molar refractivity (Wildman–Crippen MR) is 82.9 cm³/mol. The maximum atomic E-state index is 5.59. The summed E-state index contributed by atoms with van der Waals surface area (Å²) < 4.78 is 0. The summed E-state index contributed by atoms with van der Waals surface area (Å²) in [7, 11) is 0. The molecule has 1 aromatic carbocycles. The quantitative estimate of drug-likeness (QED) is 0.800. The van der Waals surface area contributed by atoms with Crippen LogP contribution in [0.2, 0.25) is 0 Å². The van der Waals surface area contributed by atoms with Crippen molar-refractivity contribution in [3.63, 3.8) is 0 Å². The molecule has 0 saturated heterocycles. The molecule has 0 spiro atoms. The lowest BCUT2D eigenvalue weighted by Crippen LogP contribution is -2.33. The second kappa shape index (κ2) is 6.86. The summed E-state index contributed by atoms with van der Waals surface area (Å²) in [5.74, 6) is 0. The van der Waals surface area contributed by atoms with Crippen molar-refractivity contribution in [1.29, 1.82) is 0 Å². The van der Waals surface area contributed by atoms with Crippen LogP contribution in [-0.2, 0) is 6.54 Å². The molecule has 0 bridgehead atoms. The Hall–Kier alpha value is -0.930. The van der Waals surface area contributed by atoms with E-state index in [-0.39, 0.29) is 0 Å². The van der Waals surface area contributed by atoms with Gasteiger partial charge in [0.1, 0.15) is 0 Å². The smallest absolute Gasteiger partial charge is 0.0740 e. The van der Waals surface area contributed by atoms with Crippen LogP contribution >= 0.6 is 12.2 Å². The van der Waals surface area contributed by atoms with E-state index in [2.05, 4.69) is 50.8 Å². The van der Waals surface area contributed by atoms with E-state index in [1.54, 1.807) is 0 Å². The molecule has 0 unspecified atom stereocenters. The summed E-state index contributed by atoms with van der Waals surface area (Å²) in [6, 6.07) is 7.12. The zero-order valence-corrected chi connectivity index (χ0v) is 12.7. The van der Waals surface area contributed by atoms with Crippen molar-refractivity contribution in [3.8, 4) is 0 Å². The third kappa shape index (κ3) is 4.75. The fourth-order valence-corrected chi connectivity index (χ4v) is 2.05. The zero-order chi connectivity index (χ0) is 13.7. The minimum absolute atomic E-state index is 0.499. The van der Waals surface area contributed by atoms with Gasteiger partial charge < -0.3 is 5.73 Å². The van der Waals surface area contributed by atoms with Crippen molar-refractivity contribution in [3.05, 3.63) is 34.9 Å². The average Bonchev–Trinajstić information content (AvgIpc) is 2.28. The van der Waals surface area contributed by atoms with Crippen LogP contribution in [0.15, 0.2) is 18.2 Å². The first-order valence-electron chi connectivity index (χ1n) is 6.48. The monoisotopic (exact) mass is 264 g/mol. The van der Waals surface area contributed by atoms with Gasteiger partial charge in [-0.05, 0) is 38.8 Å². The van der Waals surface area contributed by atoms with Crippen LogP contribution < -0.4 is 5.73 Å². The van der Waals surface area contributed by atoms with Crippen LogP contribution in [0, 0.1) is 13.8 Å². The predicted octanol–water partition coefficient (Wildman–Crippen LogP) is 3.19. The van der Waals surface area contributed by atoms with E-state index in [9.17, 15) is 0 Å². The van der Waals surface area contributed by atoms with Crippen LogP contribution in [0.5, 0.6) is 0 Å². The highest BCUT2D eigenvalue weighted by molar-refractivity contribution is 7.80. The Labute approximate surface area is 116 Å². The molecule has 0 aliphatic carbocycles. The summed E-state index contributed by atoms with van der Waals surface area (Å²) >= 11 is 4.96. The first kappa shape index (κ1) is 15.1. The number of nitrogens with two attached hydrogens (primary N) is 1. The van der Waals surface area contributed by atoms with Crippen molar-refractivity contribution in [2.75, 3.05) is 6.54 Å². The fourth-order valence-electron chi connectivity index (χ4n) is 1.96. The highest BCUT2D eigenvalue weighted by atomic mass is 32.1. The lowest BCUT2D eigenvalue weighted by Gasteiger charge is -2.27. The molecular formula is C15H24N2S. The Kier molecular flexibility index (Phi) is 5.76. The van der Waals surface area contributed by atoms with Crippen molar-refractivity contribution in [2.45, 2.75) is 46.7 Å². The van der Waals surface area contributed by atoms with Gasteiger partial charge >= 0.3 is 0 Å². The van der Waals surface area contributed by atoms with Crippen LogP contribution in [0.25, 0.3) is 0 Å². The van der Waals surface area contributed by atoms with Crippen LogP contribution in [-0.4, -0.2) is 22.5 Å². The third-order valence-corrected chi connectivity index (χ3v) is 3.46. The van der Waals surface area contributed by atoms with E-state index in [0.717, 1.165) is 19.5 Å². The van der Waals surface area contributed by atoms with Gasteiger partial charge in [0, 0.05) is 25.6 Å². The molecule has 0 aliphatic rings. The Morgan fingerprint density at radius 3 is 2.56 bits per heavy atom. The van der Waals surface area contributed by atoms with Gasteiger partial charge in [0.15, 0.2) is 0 Å². The molecule has 1 rings (SSSR count). The molecule has 0 saturated carbocycles. The van der Waals surface area contributed by atoms with Gasteiger partial charge in [-0.15, -0.1) is 0 Å². The molecule has 0 atom stereocenters. The highest BCUT2D eigenvalue weighted by Gasteiger charge is 2.11. The Bertz CT molecular complexity index is 413. The second-order valence-corrected chi connectivity index (χ2v) is 5.73. The van der Waals surface area contributed by atoms with Crippen LogP contribution in [0.1, 0.15) is 37.0 Å². The number of nitrogens with zero attached hydrogens (tertiary/aromatic N) is 1. The second-order valence-electron chi connectivity index (χ2n) is 5.21. The summed E-state index contributed by atoms with van der Waals surface area (Å²) in [4.78, 5) is 3.02. The number of rotatable bonds is 6. The molecule has 0 heterocycles. The average molecular weight is 264 g/mol. The van der Waals surface area contributed by atoms with E-state index < -0.39 is 0 Å². The molecule has 0 fully saturated rings. The lowest BCUT2D eigenvalue weighted by molar-refractivity contribution is 0.219. The standard InChI is InChI=1S/C15H24N2S/c1-11(2)17(8-7-15(16)18)10-14-9-12(3)5-6-13(14)4/h5-6,9,11H,7-8,10H2,1-4H3,(H2,16,18). The number of aryl methyl sites for hydroxylation is 2. The summed E-state index contributed by atoms with van der Waals surface area (Å²) in [5, 5.41) is 0. The molecule has 0 aromatic heterocycles. The number of hydrogen-bond donors (Lipinski definition) is 1. The van der Waals surface area contributed by atoms with Gasteiger partial charge in [-0.2, -0.15) is 0 Å². The molecule has 0 amide bonds. The van der Waals surface area contributed by atoms with E-state index in [1.807, 2.05) is 0 Å². The van der Waals surface area contributed by atoms with Crippen LogP contribution in [0.4, 0.5) is 0 Å². The minimum Gasteiger partial charge on any atom is -0.393 e. The van der Waals surface area contributed by atoms with Gasteiger partial charge in [-0.1, -0.05) is 36.0 Å². The number of benzene rings is 1. The largest absolute Gasteiger partial charge is 0.393 e. The van der Waals surface area contributed by atoms with Gasteiger partial charge in [-0.3, -0.25) is 4.90 Å². The number of hydrogen-bond acceptors (Lipinski definition) is 2. The molecule has 2 N–H and O–H groups in total. The molecular weight excluding hydrogens is 240 g/mol. The maximum absolute atomic E-state index is 5.59. The topological polar surface area (TPSA) is 29.3 Å².